The Morgan fingerprint density at radius 1 is 0.341 bits per heavy atom. The summed E-state index contributed by atoms with van der Waals surface area (Å²) in [7, 11) is -7.99. The van der Waals surface area contributed by atoms with Gasteiger partial charge in [-0.25, -0.2) is 0 Å². The van der Waals surface area contributed by atoms with Crippen molar-refractivity contribution in [3.05, 3.63) is 0 Å². The van der Waals surface area contributed by atoms with Crippen LogP contribution < -0.4 is 11.0 Å². The molecule has 0 aliphatic heterocycles. The average Bonchev–Trinajstić information content (AvgIpc) is 3.00. The minimum atomic E-state index is -3.99. The summed E-state index contributed by atoms with van der Waals surface area (Å²) in [5.41, 5.74) is 4.94. The lowest BCUT2D eigenvalue weighted by molar-refractivity contribution is 0.197. The fourth-order valence-corrected chi connectivity index (χ4v) is 7.66. The van der Waals surface area contributed by atoms with Crippen LogP contribution in [0.25, 0.3) is 0 Å². The fraction of sp³-hybridized carbons (Fsp3) is 1.00. The number of hydrogen-bond acceptors (Lipinski definition) is 8. The van der Waals surface area contributed by atoms with Gasteiger partial charge in [-0.2, -0.15) is 36.4 Å². The van der Waals surface area contributed by atoms with Crippen LogP contribution >= 0.6 is 0 Å². The molecular weight excluding hydrogens is 597 g/mol. The van der Waals surface area contributed by atoms with Crippen LogP contribution in [0.2, 0.25) is 0 Å². The second-order valence-electron chi connectivity index (χ2n) is 12.7. The molecule has 0 aliphatic carbocycles. The van der Waals surface area contributed by atoms with E-state index in [0.717, 1.165) is 38.5 Å². The first-order valence-electron chi connectivity index (χ1n) is 18.6. The van der Waals surface area contributed by atoms with Gasteiger partial charge in [0.05, 0.1) is 11.5 Å². The third-order valence-electron chi connectivity index (χ3n) is 8.22. The van der Waals surface area contributed by atoms with E-state index in [-0.39, 0.29) is 0 Å². The van der Waals surface area contributed by atoms with Gasteiger partial charge in [-0.3, -0.25) is 0 Å². The Kier molecular flexibility index (Phi) is 32.5. The predicted octanol–water partition coefficient (Wildman–Crippen LogP) is 9.65. The summed E-state index contributed by atoms with van der Waals surface area (Å²) in [5.74, 6) is -1.30. The van der Waals surface area contributed by atoms with E-state index in [1.165, 1.54) is 141 Å². The molecule has 0 saturated carbocycles. The van der Waals surface area contributed by atoms with Gasteiger partial charge >= 0.3 is 0 Å². The molecule has 44 heavy (non-hydrogen) atoms. The Balaban J connectivity index is 3.52. The zero-order chi connectivity index (χ0) is 32.5. The van der Waals surface area contributed by atoms with Gasteiger partial charge in [0.2, 0.25) is 0 Å². The molecule has 0 saturated heterocycles. The quantitative estimate of drug-likeness (QED) is 0.0497. The third-order valence-corrected chi connectivity index (χ3v) is 10.6. The van der Waals surface area contributed by atoms with Crippen LogP contribution in [0.15, 0.2) is 0 Å². The standard InChI is InChI=1S/C34H72N2O6S2/c1-3-5-7-9-11-13-15-17-19-21-23-25-27-29-31-35-41-43(37,38)33-34-44(39,40)42-36-32-30-28-26-24-22-20-18-16-14-12-10-8-6-4-2/h35-36H,3-34H2,1-2H3. The molecule has 0 spiro atoms. The van der Waals surface area contributed by atoms with E-state index in [2.05, 4.69) is 24.8 Å². The van der Waals surface area contributed by atoms with E-state index in [4.69, 9.17) is 8.57 Å². The molecular formula is C34H72N2O6S2. The van der Waals surface area contributed by atoms with Crippen molar-refractivity contribution in [2.24, 2.45) is 0 Å². The van der Waals surface area contributed by atoms with Crippen molar-refractivity contribution >= 4 is 20.2 Å². The first kappa shape index (κ1) is 43.7. The summed E-state index contributed by atoms with van der Waals surface area (Å²) in [4.78, 5) is 0. The van der Waals surface area contributed by atoms with Crippen LogP contribution in [0.5, 0.6) is 0 Å². The smallest absolute Gasteiger partial charge is 0.198 e. The van der Waals surface area contributed by atoms with Crippen LogP contribution in [0.1, 0.15) is 194 Å². The van der Waals surface area contributed by atoms with E-state index in [9.17, 15) is 16.8 Å². The zero-order valence-corrected chi connectivity index (χ0v) is 30.5. The molecule has 0 amide bonds. The second-order valence-corrected chi connectivity index (χ2v) is 16.1. The number of unbranched alkanes of at least 4 members (excludes halogenated alkanes) is 26. The Morgan fingerprint density at radius 3 is 0.773 bits per heavy atom. The Bertz CT molecular complexity index is 728. The van der Waals surface area contributed by atoms with Crippen LogP contribution in [0.3, 0.4) is 0 Å². The van der Waals surface area contributed by atoms with Gasteiger partial charge in [0.25, 0.3) is 20.2 Å². The van der Waals surface area contributed by atoms with E-state index >= 15 is 0 Å². The van der Waals surface area contributed by atoms with Crippen molar-refractivity contribution in [2.75, 3.05) is 24.6 Å². The van der Waals surface area contributed by atoms with Gasteiger partial charge in [0, 0.05) is 13.1 Å². The molecule has 0 atom stereocenters. The highest BCUT2D eigenvalue weighted by atomic mass is 32.2. The molecule has 0 aromatic heterocycles. The van der Waals surface area contributed by atoms with Gasteiger partial charge in [0.15, 0.2) is 0 Å². The SMILES string of the molecule is CCCCCCCCCCCCCCCCNOS(=O)(=O)CCS(=O)(=O)ONCCCCCCCCCCCCCCCC. The summed E-state index contributed by atoms with van der Waals surface area (Å²) >= 11 is 0. The maximum absolute atomic E-state index is 12.0. The molecule has 8 nitrogen and oxygen atoms in total. The maximum Gasteiger partial charge on any atom is 0.284 e. The summed E-state index contributed by atoms with van der Waals surface area (Å²) in [6, 6.07) is 0. The van der Waals surface area contributed by atoms with Gasteiger partial charge in [0.1, 0.15) is 0 Å². The van der Waals surface area contributed by atoms with Crippen molar-refractivity contribution in [1.29, 1.82) is 0 Å². The molecule has 0 radical (unpaired) electrons. The highest BCUT2D eigenvalue weighted by Gasteiger charge is 2.19. The fourth-order valence-electron chi connectivity index (χ4n) is 5.33. The highest BCUT2D eigenvalue weighted by Crippen LogP contribution is 2.14. The van der Waals surface area contributed by atoms with Gasteiger partial charge in [-0.1, -0.05) is 181 Å². The lowest BCUT2D eigenvalue weighted by Crippen LogP contribution is -2.29. The van der Waals surface area contributed by atoms with Crippen LogP contribution in [-0.2, 0) is 28.8 Å². The molecule has 10 heteroatoms. The molecule has 0 aliphatic rings. The van der Waals surface area contributed by atoms with Crippen LogP contribution in [-0.4, -0.2) is 41.4 Å². The first-order valence-corrected chi connectivity index (χ1v) is 21.8. The molecule has 0 unspecified atom stereocenters. The number of hydrogen-bond donors (Lipinski definition) is 2. The van der Waals surface area contributed by atoms with Crippen molar-refractivity contribution < 1.29 is 25.4 Å². The van der Waals surface area contributed by atoms with Crippen molar-refractivity contribution in [3.63, 3.8) is 0 Å². The number of hydroxylamine groups is 2. The Morgan fingerprint density at radius 2 is 0.545 bits per heavy atom. The lowest BCUT2D eigenvalue weighted by Gasteiger charge is -2.08. The van der Waals surface area contributed by atoms with E-state index in [0.29, 0.717) is 13.1 Å². The zero-order valence-electron chi connectivity index (χ0n) is 28.9. The second kappa shape index (κ2) is 32.7. The maximum atomic E-state index is 12.0. The summed E-state index contributed by atoms with van der Waals surface area (Å²) in [6.07, 6.45) is 35.2. The van der Waals surface area contributed by atoms with E-state index in [1.807, 2.05) is 0 Å². The molecule has 0 fully saturated rings. The lowest BCUT2D eigenvalue weighted by atomic mass is 10.0. The largest absolute Gasteiger partial charge is 0.284 e. The molecule has 266 valence electrons. The minimum absolute atomic E-state index is 0.418. The van der Waals surface area contributed by atoms with E-state index < -0.39 is 31.7 Å². The molecule has 0 aromatic rings. The van der Waals surface area contributed by atoms with E-state index in [1.54, 1.807) is 0 Å². The Hall–Kier alpha value is -0.260. The van der Waals surface area contributed by atoms with Gasteiger partial charge < -0.3 is 0 Å². The van der Waals surface area contributed by atoms with Crippen molar-refractivity contribution in [3.8, 4) is 0 Å². The normalized spacial score (nSPS) is 12.3. The third kappa shape index (κ3) is 34.6. The summed E-state index contributed by atoms with van der Waals surface area (Å²) in [6.45, 7) is 5.34. The first-order chi connectivity index (χ1) is 21.3. The topological polar surface area (TPSA) is 111 Å². The van der Waals surface area contributed by atoms with Crippen LogP contribution in [0.4, 0.5) is 0 Å². The van der Waals surface area contributed by atoms with Gasteiger partial charge in [-0.05, 0) is 12.8 Å². The number of rotatable bonds is 37. The summed E-state index contributed by atoms with van der Waals surface area (Å²) < 4.78 is 57.6. The monoisotopic (exact) mass is 668 g/mol. The van der Waals surface area contributed by atoms with Gasteiger partial charge in [-0.15, -0.1) is 0 Å². The van der Waals surface area contributed by atoms with Crippen molar-refractivity contribution in [1.82, 2.24) is 11.0 Å². The average molecular weight is 669 g/mol. The predicted molar refractivity (Wildman–Crippen MR) is 186 cm³/mol. The molecule has 0 rings (SSSR count). The molecule has 2 N–H and O–H groups in total. The summed E-state index contributed by atoms with van der Waals surface area (Å²) in [5, 5.41) is 0. The minimum Gasteiger partial charge on any atom is -0.198 e. The highest BCUT2D eigenvalue weighted by molar-refractivity contribution is 7.90. The van der Waals surface area contributed by atoms with Crippen molar-refractivity contribution in [2.45, 2.75) is 194 Å². The number of nitrogens with one attached hydrogen (secondary N) is 2. The van der Waals surface area contributed by atoms with Crippen LogP contribution in [0, 0.1) is 0 Å². The molecule has 0 aromatic carbocycles. The molecule has 0 bridgehead atoms. The Labute approximate surface area is 274 Å². The molecule has 0 heterocycles.